The standard InChI is InChI=1S/C15H21N3O2S/c1-3-11-21(19,20)17-9-10-18-13(2)12-16-15(18)14-7-5-4-6-8-14/h4-8,12,17H,3,9-11H2,1-2H3. The van der Waals surface area contributed by atoms with Gasteiger partial charge in [-0.1, -0.05) is 37.3 Å². The predicted molar refractivity (Wildman–Crippen MR) is 84.5 cm³/mol. The van der Waals surface area contributed by atoms with Crippen molar-refractivity contribution in [2.45, 2.75) is 26.8 Å². The smallest absolute Gasteiger partial charge is 0.211 e. The average Bonchev–Trinajstić information content (AvgIpc) is 2.81. The van der Waals surface area contributed by atoms with Crippen LogP contribution in [-0.4, -0.2) is 30.3 Å². The largest absolute Gasteiger partial charge is 0.327 e. The van der Waals surface area contributed by atoms with Gasteiger partial charge in [-0.3, -0.25) is 0 Å². The quantitative estimate of drug-likeness (QED) is 0.853. The first-order valence-corrected chi connectivity index (χ1v) is 8.73. The molecule has 21 heavy (non-hydrogen) atoms. The maximum absolute atomic E-state index is 11.7. The molecule has 0 saturated carbocycles. The molecule has 1 aromatic heterocycles. The molecule has 0 aliphatic rings. The SMILES string of the molecule is CCCS(=O)(=O)NCCn1c(C)cnc1-c1ccccc1. The summed E-state index contributed by atoms with van der Waals surface area (Å²) in [5.74, 6) is 1.03. The van der Waals surface area contributed by atoms with Crippen molar-refractivity contribution in [3.63, 3.8) is 0 Å². The molecule has 114 valence electrons. The number of sulfonamides is 1. The number of nitrogens with zero attached hydrogens (tertiary/aromatic N) is 2. The first-order chi connectivity index (χ1) is 10.0. The average molecular weight is 307 g/mol. The normalized spacial score (nSPS) is 11.7. The van der Waals surface area contributed by atoms with Crippen molar-refractivity contribution >= 4 is 10.0 Å². The van der Waals surface area contributed by atoms with E-state index in [4.69, 9.17) is 0 Å². The lowest BCUT2D eigenvalue weighted by atomic mass is 10.2. The Morgan fingerprint density at radius 1 is 1.24 bits per heavy atom. The number of hydrogen-bond donors (Lipinski definition) is 1. The molecule has 0 aliphatic carbocycles. The molecule has 0 unspecified atom stereocenters. The Morgan fingerprint density at radius 2 is 1.95 bits per heavy atom. The number of aryl methyl sites for hydroxylation is 1. The van der Waals surface area contributed by atoms with Crippen molar-refractivity contribution in [1.82, 2.24) is 14.3 Å². The molecule has 0 amide bonds. The molecule has 6 heteroatoms. The molecule has 0 fully saturated rings. The molecule has 1 heterocycles. The monoisotopic (exact) mass is 307 g/mol. The van der Waals surface area contributed by atoms with Gasteiger partial charge in [0.2, 0.25) is 10.0 Å². The van der Waals surface area contributed by atoms with Gasteiger partial charge in [-0.05, 0) is 13.3 Å². The van der Waals surface area contributed by atoms with Gasteiger partial charge in [0.15, 0.2) is 0 Å². The molecule has 0 atom stereocenters. The van der Waals surface area contributed by atoms with Crippen LogP contribution in [0.4, 0.5) is 0 Å². The van der Waals surface area contributed by atoms with Crippen molar-refractivity contribution in [3.05, 3.63) is 42.2 Å². The van der Waals surface area contributed by atoms with E-state index in [9.17, 15) is 8.42 Å². The lowest BCUT2D eigenvalue weighted by Crippen LogP contribution is -2.29. The molecule has 2 aromatic rings. The lowest BCUT2D eigenvalue weighted by Gasteiger charge is -2.11. The van der Waals surface area contributed by atoms with Gasteiger partial charge in [0.25, 0.3) is 0 Å². The minimum Gasteiger partial charge on any atom is -0.327 e. The summed E-state index contributed by atoms with van der Waals surface area (Å²) in [6, 6.07) is 9.89. The van der Waals surface area contributed by atoms with Crippen molar-refractivity contribution in [1.29, 1.82) is 0 Å². The third kappa shape index (κ3) is 4.15. The van der Waals surface area contributed by atoms with Gasteiger partial charge in [-0.25, -0.2) is 18.1 Å². The van der Waals surface area contributed by atoms with E-state index in [0.29, 0.717) is 19.5 Å². The number of rotatable bonds is 7. The third-order valence-corrected chi connectivity index (χ3v) is 4.81. The van der Waals surface area contributed by atoms with Crippen LogP contribution in [0.1, 0.15) is 19.0 Å². The fourth-order valence-electron chi connectivity index (χ4n) is 2.21. The maximum Gasteiger partial charge on any atom is 0.211 e. The van der Waals surface area contributed by atoms with Crippen LogP contribution >= 0.6 is 0 Å². The summed E-state index contributed by atoms with van der Waals surface area (Å²) in [5.41, 5.74) is 2.05. The fraction of sp³-hybridized carbons (Fsp3) is 0.400. The molecular formula is C15H21N3O2S. The highest BCUT2D eigenvalue weighted by atomic mass is 32.2. The van der Waals surface area contributed by atoms with Crippen LogP contribution in [0, 0.1) is 6.92 Å². The first kappa shape index (κ1) is 15.7. The van der Waals surface area contributed by atoms with Crippen molar-refractivity contribution in [2.24, 2.45) is 0 Å². The second kappa shape index (κ2) is 6.87. The molecule has 1 aromatic carbocycles. The molecular weight excluding hydrogens is 286 g/mol. The van der Waals surface area contributed by atoms with E-state index in [1.165, 1.54) is 0 Å². The first-order valence-electron chi connectivity index (χ1n) is 7.08. The third-order valence-electron chi connectivity index (χ3n) is 3.22. The molecule has 0 spiro atoms. The highest BCUT2D eigenvalue weighted by Crippen LogP contribution is 2.18. The Hall–Kier alpha value is -1.66. The highest BCUT2D eigenvalue weighted by Gasteiger charge is 2.11. The topological polar surface area (TPSA) is 64.0 Å². The van der Waals surface area contributed by atoms with Gasteiger partial charge in [0.1, 0.15) is 5.82 Å². The minimum atomic E-state index is -3.16. The maximum atomic E-state index is 11.7. The Morgan fingerprint density at radius 3 is 2.62 bits per heavy atom. The predicted octanol–water partition coefficient (Wildman–Crippen LogP) is 2.19. The van der Waals surface area contributed by atoms with E-state index in [1.807, 2.05) is 54.9 Å². The van der Waals surface area contributed by atoms with Crippen LogP contribution in [0.3, 0.4) is 0 Å². The highest BCUT2D eigenvalue weighted by molar-refractivity contribution is 7.89. The van der Waals surface area contributed by atoms with E-state index in [2.05, 4.69) is 9.71 Å². The summed E-state index contributed by atoms with van der Waals surface area (Å²) in [6.45, 7) is 4.77. The van der Waals surface area contributed by atoms with Gasteiger partial charge in [0.05, 0.1) is 5.75 Å². The summed E-state index contributed by atoms with van der Waals surface area (Å²) in [7, 11) is -3.16. The van der Waals surface area contributed by atoms with Crippen LogP contribution in [0.2, 0.25) is 0 Å². The number of nitrogens with one attached hydrogen (secondary N) is 1. The second-order valence-corrected chi connectivity index (χ2v) is 6.88. The van der Waals surface area contributed by atoms with Crippen LogP contribution in [0.5, 0.6) is 0 Å². The molecule has 0 aliphatic heterocycles. The number of aromatic nitrogens is 2. The van der Waals surface area contributed by atoms with Gasteiger partial charge >= 0.3 is 0 Å². The molecule has 0 saturated heterocycles. The molecule has 0 radical (unpaired) electrons. The zero-order valence-corrected chi connectivity index (χ0v) is 13.2. The van der Waals surface area contributed by atoms with Crippen LogP contribution < -0.4 is 4.72 Å². The summed E-state index contributed by atoms with van der Waals surface area (Å²) < 4.78 is 28.0. The summed E-state index contributed by atoms with van der Waals surface area (Å²) in [5, 5.41) is 0. The molecule has 5 nitrogen and oxygen atoms in total. The molecule has 2 rings (SSSR count). The second-order valence-electron chi connectivity index (χ2n) is 4.95. The van der Waals surface area contributed by atoms with E-state index < -0.39 is 10.0 Å². The number of imidazole rings is 1. The van der Waals surface area contributed by atoms with Crippen LogP contribution in [0.25, 0.3) is 11.4 Å². The van der Waals surface area contributed by atoms with E-state index in [-0.39, 0.29) is 5.75 Å². The van der Waals surface area contributed by atoms with E-state index in [0.717, 1.165) is 17.1 Å². The van der Waals surface area contributed by atoms with E-state index in [1.54, 1.807) is 0 Å². The van der Waals surface area contributed by atoms with Crippen molar-refractivity contribution < 1.29 is 8.42 Å². The Bertz CT molecular complexity index is 678. The zero-order valence-electron chi connectivity index (χ0n) is 12.4. The van der Waals surface area contributed by atoms with Crippen LogP contribution in [-0.2, 0) is 16.6 Å². The van der Waals surface area contributed by atoms with E-state index >= 15 is 0 Å². The van der Waals surface area contributed by atoms with Gasteiger partial charge < -0.3 is 4.57 Å². The van der Waals surface area contributed by atoms with Gasteiger partial charge in [0, 0.05) is 30.5 Å². The Kier molecular flexibility index (Phi) is 5.14. The summed E-state index contributed by atoms with van der Waals surface area (Å²) in [6.07, 6.45) is 2.43. The van der Waals surface area contributed by atoms with Gasteiger partial charge in [-0.2, -0.15) is 0 Å². The Labute approximate surface area is 126 Å². The van der Waals surface area contributed by atoms with Gasteiger partial charge in [-0.15, -0.1) is 0 Å². The summed E-state index contributed by atoms with van der Waals surface area (Å²) >= 11 is 0. The fourth-order valence-corrected chi connectivity index (χ4v) is 3.30. The lowest BCUT2D eigenvalue weighted by molar-refractivity contribution is 0.571. The molecule has 0 bridgehead atoms. The van der Waals surface area contributed by atoms with Crippen molar-refractivity contribution in [3.8, 4) is 11.4 Å². The minimum absolute atomic E-state index is 0.168. The molecule has 1 N–H and O–H groups in total. The van der Waals surface area contributed by atoms with Crippen molar-refractivity contribution in [2.75, 3.05) is 12.3 Å². The zero-order chi connectivity index (χ0) is 15.3. The summed E-state index contributed by atoms with van der Waals surface area (Å²) in [4.78, 5) is 4.42. The van der Waals surface area contributed by atoms with Crippen LogP contribution in [0.15, 0.2) is 36.5 Å². The Balaban J connectivity index is 2.09. The number of benzene rings is 1. The number of hydrogen-bond acceptors (Lipinski definition) is 3.